The average molecular weight is 450 g/mol. The van der Waals surface area contributed by atoms with E-state index in [0.717, 1.165) is 18.4 Å². The summed E-state index contributed by atoms with van der Waals surface area (Å²) in [7, 11) is 0. The number of ether oxygens (including phenoxy) is 2. The molecule has 0 bridgehead atoms. The van der Waals surface area contributed by atoms with Gasteiger partial charge in [-0.2, -0.15) is 0 Å². The standard InChI is InChI=1S/C26H27NO6/c1-14-8-9-21-17(11-14)25(29)18(13-32-21)23-22(26(30)33-12-16-5-4-10-31-16)15(2)27-19-6-3-7-20(28)24(19)23/h8-9,11,13,16,22-23H,3-7,10,12H2,1-2H3. The number of aliphatic imine (C=N–C) groups is 1. The first-order valence-corrected chi connectivity index (χ1v) is 11.6. The normalized spacial score (nSPS) is 25.2. The number of benzene rings is 1. The fraction of sp³-hybridized carbons (Fsp3) is 0.462. The third-order valence-corrected chi connectivity index (χ3v) is 6.81. The number of fused-ring (bicyclic) bond motifs is 1. The van der Waals surface area contributed by atoms with E-state index in [9.17, 15) is 14.4 Å². The van der Waals surface area contributed by atoms with Crippen LogP contribution >= 0.6 is 0 Å². The number of Topliss-reactive ketones (excluding diaryl/α,β-unsaturated/α-hetero) is 1. The summed E-state index contributed by atoms with van der Waals surface area (Å²) in [5, 5.41) is 0.435. The maximum absolute atomic E-state index is 13.6. The zero-order valence-corrected chi connectivity index (χ0v) is 18.9. The smallest absolute Gasteiger partial charge is 0.315 e. The zero-order chi connectivity index (χ0) is 23.1. The Morgan fingerprint density at radius 2 is 2.03 bits per heavy atom. The Bertz CT molecular complexity index is 1250. The Balaban J connectivity index is 1.60. The Hall–Kier alpha value is -3.06. The number of nitrogens with zero attached hydrogens (tertiary/aromatic N) is 1. The summed E-state index contributed by atoms with van der Waals surface area (Å²) >= 11 is 0. The number of aryl methyl sites for hydroxylation is 1. The molecule has 1 aliphatic carbocycles. The second kappa shape index (κ2) is 8.71. The van der Waals surface area contributed by atoms with Crippen LogP contribution in [-0.2, 0) is 19.1 Å². The van der Waals surface area contributed by atoms with Crippen LogP contribution < -0.4 is 5.43 Å². The van der Waals surface area contributed by atoms with E-state index in [-0.39, 0.29) is 23.9 Å². The Morgan fingerprint density at radius 3 is 2.82 bits per heavy atom. The van der Waals surface area contributed by atoms with Crippen molar-refractivity contribution in [3.8, 4) is 0 Å². The molecule has 1 fully saturated rings. The lowest BCUT2D eigenvalue weighted by Crippen LogP contribution is -2.39. The van der Waals surface area contributed by atoms with E-state index in [2.05, 4.69) is 4.99 Å². The largest absolute Gasteiger partial charge is 0.464 e. The summed E-state index contributed by atoms with van der Waals surface area (Å²) < 4.78 is 17.0. The first-order chi connectivity index (χ1) is 15.9. The maximum atomic E-state index is 13.6. The van der Waals surface area contributed by atoms with Gasteiger partial charge in [-0.3, -0.25) is 19.4 Å². The molecule has 3 aliphatic rings. The molecule has 33 heavy (non-hydrogen) atoms. The molecule has 0 radical (unpaired) electrons. The van der Waals surface area contributed by atoms with Crippen LogP contribution in [0.15, 0.2) is 49.9 Å². The number of rotatable bonds is 4. The van der Waals surface area contributed by atoms with Crippen LogP contribution in [0.4, 0.5) is 0 Å². The molecule has 2 aromatic rings. The Kier molecular flexibility index (Phi) is 5.74. The lowest BCUT2D eigenvalue weighted by molar-refractivity contribution is -0.149. The molecular weight excluding hydrogens is 422 g/mol. The lowest BCUT2D eigenvalue weighted by Gasteiger charge is -2.34. The molecule has 172 valence electrons. The van der Waals surface area contributed by atoms with Crippen LogP contribution in [0.3, 0.4) is 0 Å². The molecule has 0 N–H and O–H groups in total. The van der Waals surface area contributed by atoms with Gasteiger partial charge in [-0.15, -0.1) is 0 Å². The molecule has 7 nitrogen and oxygen atoms in total. The second-order valence-electron chi connectivity index (χ2n) is 9.13. The highest BCUT2D eigenvalue weighted by Gasteiger charge is 2.44. The maximum Gasteiger partial charge on any atom is 0.315 e. The molecule has 1 saturated heterocycles. The van der Waals surface area contributed by atoms with Crippen molar-refractivity contribution >= 4 is 28.4 Å². The molecular formula is C26H27NO6. The number of allylic oxidation sites excluding steroid dienone is 2. The highest BCUT2D eigenvalue weighted by atomic mass is 16.6. The summed E-state index contributed by atoms with van der Waals surface area (Å²) in [6.45, 7) is 4.48. The highest BCUT2D eigenvalue weighted by molar-refractivity contribution is 6.09. The lowest BCUT2D eigenvalue weighted by atomic mass is 9.72. The van der Waals surface area contributed by atoms with Crippen molar-refractivity contribution in [1.82, 2.24) is 0 Å². The summed E-state index contributed by atoms with van der Waals surface area (Å²) in [6.07, 6.45) is 4.79. The predicted molar refractivity (Wildman–Crippen MR) is 122 cm³/mol. The Labute approximate surface area is 191 Å². The van der Waals surface area contributed by atoms with Crippen LogP contribution in [0.2, 0.25) is 0 Å². The van der Waals surface area contributed by atoms with Gasteiger partial charge in [-0.05, 0) is 51.7 Å². The van der Waals surface area contributed by atoms with Gasteiger partial charge in [-0.25, -0.2) is 0 Å². The molecule has 2 aliphatic heterocycles. The van der Waals surface area contributed by atoms with Gasteiger partial charge in [0.05, 0.1) is 17.8 Å². The molecule has 0 spiro atoms. The van der Waals surface area contributed by atoms with E-state index in [0.29, 0.717) is 59.4 Å². The average Bonchev–Trinajstić information content (AvgIpc) is 3.31. The molecule has 0 amide bonds. The number of ketones is 1. The fourth-order valence-corrected chi connectivity index (χ4v) is 5.16. The van der Waals surface area contributed by atoms with Crippen LogP contribution in [0, 0.1) is 12.8 Å². The molecule has 7 heteroatoms. The van der Waals surface area contributed by atoms with Gasteiger partial charge in [0.15, 0.2) is 11.2 Å². The summed E-state index contributed by atoms with van der Waals surface area (Å²) in [5.41, 5.74) is 3.12. The van der Waals surface area contributed by atoms with Gasteiger partial charge >= 0.3 is 5.97 Å². The van der Waals surface area contributed by atoms with Gasteiger partial charge in [0.2, 0.25) is 0 Å². The molecule has 3 unspecified atom stereocenters. The highest BCUT2D eigenvalue weighted by Crippen LogP contribution is 2.43. The van der Waals surface area contributed by atoms with Gasteiger partial charge in [0.25, 0.3) is 0 Å². The van der Waals surface area contributed by atoms with E-state index < -0.39 is 17.8 Å². The monoisotopic (exact) mass is 449 g/mol. The van der Waals surface area contributed by atoms with Crippen LogP contribution in [0.5, 0.6) is 0 Å². The third-order valence-electron chi connectivity index (χ3n) is 6.81. The topological polar surface area (TPSA) is 95.2 Å². The van der Waals surface area contributed by atoms with Gasteiger partial charge in [-0.1, -0.05) is 11.6 Å². The zero-order valence-electron chi connectivity index (χ0n) is 18.9. The molecule has 1 aromatic heterocycles. The van der Waals surface area contributed by atoms with Crippen molar-refractivity contribution in [3.05, 3.63) is 57.1 Å². The molecule has 1 aromatic carbocycles. The van der Waals surface area contributed by atoms with Crippen molar-refractivity contribution in [3.63, 3.8) is 0 Å². The van der Waals surface area contributed by atoms with Crippen molar-refractivity contribution in [1.29, 1.82) is 0 Å². The Morgan fingerprint density at radius 1 is 1.18 bits per heavy atom. The molecule has 0 saturated carbocycles. The van der Waals surface area contributed by atoms with E-state index in [1.54, 1.807) is 19.1 Å². The van der Waals surface area contributed by atoms with Crippen molar-refractivity contribution in [2.24, 2.45) is 10.9 Å². The van der Waals surface area contributed by atoms with E-state index in [1.165, 1.54) is 6.26 Å². The van der Waals surface area contributed by atoms with E-state index in [4.69, 9.17) is 13.9 Å². The minimum atomic E-state index is -0.864. The first-order valence-electron chi connectivity index (χ1n) is 11.6. The number of carbonyl (C=O) groups excluding carboxylic acids is 2. The minimum absolute atomic E-state index is 0.0711. The van der Waals surface area contributed by atoms with Gasteiger partial charge in [0, 0.05) is 41.5 Å². The molecule has 5 rings (SSSR count). The summed E-state index contributed by atoms with van der Waals surface area (Å²) in [6, 6.07) is 5.41. The van der Waals surface area contributed by atoms with Crippen LogP contribution in [0.1, 0.15) is 56.1 Å². The second-order valence-corrected chi connectivity index (χ2v) is 9.13. The number of carbonyl (C=O) groups is 2. The molecule has 3 atom stereocenters. The fourth-order valence-electron chi connectivity index (χ4n) is 5.16. The summed E-state index contributed by atoms with van der Waals surface area (Å²) in [4.78, 5) is 44.6. The number of hydrogen-bond acceptors (Lipinski definition) is 7. The van der Waals surface area contributed by atoms with Gasteiger partial charge in [0.1, 0.15) is 18.1 Å². The van der Waals surface area contributed by atoms with Gasteiger partial charge < -0.3 is 13.9 Å². The summed E-state index contributed by atoms with van der Waals surface area (Å²) in [5.74, 6) is -2.20. The number of esters is 1. The number of hydrogen-bond donors (Lipinski definition) is 0. The minimum Gasteiger partial charge on any atom is -0.464 e. The van der Waals surface area contributed by atoms with E-state index >= 15 is 0 Å². The third kappa shape index (κ3) is 3.95. The predicted octanol–water partition coefficient (Wildman–Crippen LogP) is 4.01. The van der Waals surface area contributed by atoms with Crippen LogP contribution in [0.25, 0.3) is 11.0 Å². The van der Waals surface area contributed by atoms with E-state index in [1.807, 2.05) is 13.0 Å². The first kappa shape index (κ1) is 21.8. The van der Waals surface area contributed by atoms with Crippen molar-refractivity contribution < 1.29 is 23.5 Å². The quantitative estimate of drug-likeness (QED) is 0.655. The van der Waals surface area contributed by atoms with Crippen LogP contribution in [-0.4, -0.2) is 36.8 Å². The SMILES string of the molecule is CC1=NC2=C(C(=O)CCC2)C(c2coc3ccc(C)cc3c2=O)C1C(=O)OCC1CCCO1. The molecule has 3 heterocycles. The van der Waals surface area contributed by atoms with Crippen molar-refractivity contribution in [2.45, 2.75) is 58.0 Å². The van der Waals surface area contributed by atoms with Crippen molar-refractivity contribution in [2.75, 3.05) is 13.2 Å².